The number of aromatic nitrogens is 4. The van der Waals surface area contributed by atoms with Gasteiger partial charge in [0.1, 0.15) is 29.5 Å². The molecule has 0 bridgehead atoms. The minimum Gasteiger partial charge on any atom is -0.471 e. The minimum atomic E-state index is -0.744. The lowest BCUT2D eigenvalue weighted by Gasteiger charge is -2.13. The van der Waals surface area contributed by atoms with Crippen molar-refractivity contribution >= 4 is 11.0 Å². The number of aliphatic hydroxyl groups excluding tert-OH is 1. The van der Waals surface area contributed by atoms with Gasteiger partial charge in [-0.05, 0) is 51.7 Å². The molecule has 5 rings (SSSR count). The smallest absolute Gasteiger partial charge is 0.184 e. The molecule has 2 heterocycles. The van der Waals surface area contributed by atoms with Crippen molar-refractivity contribution in [3.8, 4) is 16.9 Å². The van der Waals surface area contributed by atoms with Crippen molar-refractivity contribution in [1.82, 2.24) is 20.2 Å². The number of unbranched alkanes of at least 4 members (excludes halogenated alkanes) is 1. The fourth-order valence-electron chi connectivity index (χ4n) is 4.09. The minimum absolute atomic E-state index is 0.252. The topological polar surface area (TPSA) is 86.2 Å². The van der Waals surface area contributed by atoms with E-state index in [0.717, 1.165) is 64.0 Å². The van der Waals surface area contributed by atoms with Crippen molar-refractivity contribution in [1.29, 1.82) is 0 Å². The Labute approximate surface area is 197 Å². The number of nitrogens with zero attached hydrogens (tertiary/aromatic N) is 4. The maximum absolute atomic E-state index is 11.3. The number of furan rings is 1. The quantitative estimate of drug-likeness (QED) is 0.314. The average molecular weight is 455 g/mol. The molecule has 3 aromatic carbocycles. The highest BCUT2D eigenvalue weighted by molar-refractivity contribution is 5.83. The molecule has 0 aliphatic heterocycles. The van der Waals surface area contributed by atoms with Crippen LogP contribution >= 0.6 is 0 Å². The average Bonchev–Trinajstić information content (AvgIpc) is 3.54. The van der Waals surface area contributed by atoms with Gasteiger partial charge in [-0.2, -0.15) is 4.68 Å². The van der Waals surface area contributed by atoms with Gasteiger partial charge in [-0.15, -0.1) is 5.10 Å². The van der Waals surface area contributed by atoms with Crippen molar-refractivity contribution < 1.29 is 14.3 Å². The van der Waals surface area contributed by atoms with Gasteiger partial charge in [0.15, 0.2) is 6.73 Å². The normalized spacial score (nSPS) is 12.2. The molecule has 0 radical (unpaired) electrons. The Balaban J connectivity index is 1.34. The van der Waals surface area contributed by atoms with Crippen LogP contribution < -0.4 is 4.74 Å². The van der Waals surface area contributed by atoms with Crippen LogP contribution in [0.5, 0.6) is 5.75 Å². The van der Waals surface area contributed by atoms with Crippen LogP contribution in [0, 0.1) is 0 Å². The fourth-order valence-corrected chi connectivity index (χ4v) is 4.09. The van der Waals surface area contributed by atoms with Crippen LogP contribution in [0.1, 0.15) is 42.8 Å². The van der Waals surface area contributed by atoms with E-state index < -0.39 is 6.10 Å². The predicted molar refractivity (Wildman–Crippen MR) is 129 cm³/mol. The van der Waals surface area contributed by atoms with Crippen LogP contribution in [-0.2, 0) is 13.2 Å². The van der Waals surface area contributed by atoms with Gasteiger partial charge in [0.25, 0.3) is 0 Å². The number of tetrazole rings is 1. The lowest BCUT2D eigenvalue weighted by molar-refractivity contribution is 0.218. The van der Waals surface area contributed by atoms with Crippen LogP contribution in [0.25, 0.3) is 22.1 Å². The van der Waals surface area contributed by atoms with E-state index in [1.54, 1.807) is 0 Å². The van der Waals surface area contributed by atoms with Gasteiger partial charge < -0.3 is 14.3 Å². The number of fused-ring (bicyclic) bond motifs is 1. The lowest BCUT2D eigenvalue weighted by Crippen LogP contribution is -2.05. The molecule has 0 amide bonds. The maximum atomic E-state index is 11.3. The molecule has 7 heteroatoms. The second-order valence-corrected chi connectivity index (χ2v) is 8.21. The third-order valence-corrected chi connectivity index (χ3v) is 5.91. The number of para-hydroxylation sites is 1. The molecule has 34 heavy (non-hydrogen) atoms. The Bertz CT molecular complexity index is 1340. The third kappa shape index (κ3) is 4.56. The third-order valence-electron chi connectivity index (χ3n) is 5.91. The predicted octanol–water partition coefficient (Wildman–Crippen LogP) is 5.55. The van der Waals surface area contributed by atoms with E-state index in [9.17, 15) is 5.11 Å². The van der Waals surface area contributed by atoms with Crippen molar-refractivity contribution in [2.45, 2.75) is 39.0 Å². The van der Waals surface area contributed by atoms with Gasteiger partial charge in [0.2, 0.25) is 0 Å². The maximum Gasteiger partial charge on any atom is 0.184 e. The zero-order valence-electron chi connectivity index (χ0n) is 19.0. The highest BCUT2D eigenvalue weighted by Crippen LogP contribution is 2.36. The van der Waals surface area contributed by atoms with E-state index in [0.29, 0.717) is 0 Å². The number of aryl methyl sites for hydroxylation is 1. The second kappa shape index (κ2) is 9.89. The number of ether oxygens (including phenoxy) is 1. The second-order valence-electron chi connectivity index (χ2n) is 8.21. The summed E-state index contributed by atoms with van der Waals surface area (Å²) >= 11 is 0. The van der Waals surface area contributed by atoms with Gasteiger partial charge in [-0.3, -0.25) is 0 Å². The van der Waals surface area contributed by atoms with Gasteiger partial charge in [0.05, 0.1) is 0 Å². The van der Waals surface area contributed by atoms with E-state index in [2.05, 4.69) is 22.4 Å². The van der Waals surface area contributed by atoms with E-state index in [4.69, 9.17) is 9.15 Å². The Morgan fingerprint density at radius 2 is 1.71 bits per heavy atom. The van der Waals surface area contributed by atoms with Gasteiger partial charge >= 0.3 is 0 Å². The van der Waals surface area contributed by atoms with Gasteiger partial charge in [0, 0.05) is 17.4 Å². The monoisotopic (exact) mass is 454 g/mol. The summed E-state index contributed by atoms with van der Waals surface area (Å²) in [6.45, 7) is 2.41. The molecule has 1 atom stereocenters. The Kier molecular flexibility index (Phi) is 6.35. The molecule has 5 aromatic rings. The van der Waals surface area contributed by atoms with E-state index in [1.807, 2.05) is 72.8 Å². The van der Waals surface area contributed by atoms with Crippen LogP contribution in [0.3, 0.4) is 0 Å². The van der Waals surface area contributed by atoms with Crippen molar-refractivity contribution in [2.24, 2.45) is 0 Å². The van der Waals surface area contributed by atoms with E-state index >= 15 is 0 Å². The van der Waals surface area contributed by atoms with Crippen LogP contribution in [-0.4, -0.2) is 25.3 Å². The highest BCUT2D eigenvalue weighted by atomic mass is 16.5. The Morgan fingerprint density at radius 1 is 0.971 bits per heavy atom. The molecule has 2 aromatic heterocycles. The number of aliphatic hydroxyl groups is 1. The first-order valence-electron chi connectivity index (χ1n) is 11.4. The first-order chi connectivity index (χ1) is 16.7. The summed E-state index contributed by atoms with van der Waals surface area (Å²) in [5.41, 5.74) is 4.66. The molecular formula is C27H26N4O3. The molecule has 7 nitrogen and oxygen atoms in total. The van der Waals surface area contributed by atoms with Gasteiger partial charge in [-0.1, -0.05) is 67.9 Å². The molecule has 0 saturated carbocycles. The zero-order valence-corrected chi connectivity index (χ0v) is 19.0. The summed E-state index contributed by atoms with van der Waals surface area (Å²) < 4.78 is 13.3. The van der Waals surface area contributed by atoms with E-state index in [-0.39, 0.29) is 6.73 Å². The van der Waals surface area contributed by atoms with Crippen LogP contribution in [0.15, 0.2) is 83.5 Å². The van der Waals surface area contributed by atoms with E-state index in [1.165, 1.54) is 11.0 Å². The summed E-state index contributed by atoms with van der Waals surface area (Å²) in [7, 11) is 0. The molecule has 0 aliphatic rings. The lowest BCUT2D eigenvalue weighted by atomic mass is 9.95. The first kappa shape index (κ1) is 21.9. The number of rotatable bonds is 9. The summed E-state index contributed by atoms with van der Waals surface area (Å²) in [5.74, 6) is 1.61. The van der Waals surface area contributed by atoms with Gasteiger partial charge in [-0.25, -0.2) is 0 Å². The largest absolute Gasteiger partial charge is 0.471 e. The highest BCUT2D eigenvalue weighted by Gasteiger charge is 2.22. The summed E-state index contributed by atoms with van der Waals surface area (Å²) in [6, 6.07) is 23.8. The zero-order chi connectivity index (χ0) is 23.3. The summed E-state index contributed by atoms with van der Waals surface area (Å²) in [4.78, 5) is 0. The molecule has 0 saturated heterocycles. The standard InChI is InChI=1S/C27H26N4O3/c1-2-3-7-25-26(23-6-4-5-8-24(23)34-25)27(32)21-11-9-19(10-12-21)20-13-15-22(16-14-20)33-18-31-17-28-29-30-31/h4-6,8-17,27,32H,2-3,7,18H2,1H3. The number of hydrogen-bond acceptors (Lipinski definition) is 6. The first-order valence-corrected chi connectivity index (χ1v) is 11.4. The molecule has 0 spiro atoms. The molecule has 172 valence electrons. The Hall–Kier alpha value is -3.97. The van der Waals surface area contributed by atoms with Crippen molar-refractivity contribution in [3.63, 3.8) is 0 Å². The van der Waals surface area contributed by atoms with Crippen molar-refractivity contribution in [2.75, 3.05) is 0 Å². The molecule has 1 unspecified atom stereocenters. The number of hydrogen-bond donors (Lipinski definition) is 1. The van der Waals surface area contributed by atoms with Crippen LogP contribution in [0.4, 0.5) is 0 Å². The fraction of sp³-hybridized carbons (Fsp3) is 0.222. The van der Waals surface area contributed by atoms with Crippen molar-refractivity contribution in [3.05, 3.63) is 96.0 Å². The summed E-state index contributed by atoms with van der Waals surface area (Å²) in [6.07, 6.45) is 3.67. The Morgan fingerprint density at radius 3 is 2.41 bits per heavy atom. The molecule has 0 fully saturated rings. The summed E-state index contributed by atoms with van der Waals surface area (Å²) in [5, 5.41) is 23.2. The molecule has 1 N–H and O–H groups in total. The SMILES string of the molecule is CCCCc1oc2ccccc2c1C(O)c1ccc(-c2ccc(OCn3cnnn3)cc2)cc1. The molecular weight excluding hydrogens is 428 g/mol. The number of benzene rings is 3. The molecule has 0 aliphatic carbocycles. The van der Waals surface area contributed by atoms with Crippen LogP contribution in [0.2, 0.25) is 0 Å².